The number of methoxy groups -OCH3 is 1. The Hall–Kier alpha value is -2.30. The zero-order chi connectivity index (χ0) is 13.9. The largest absolute Gasteiger partial charge is 0.497 e. The van der Waals surface area contributed by atoms with Crippen LogP contribution in [0.15, 0.2) is 43.0 Å². The van der Waals surface area contributed by atoms with E-state index < -0.39 is 0 Å². The molecule has 1 aromatic carbocycles. The molecule has 1 fully saturated rings. The molecule has 0 saturated heterocycles. The third-order valence-electron chi connectivity index (χ3n) is 3.47. The van der Waals surface area contributed by atoms with Gasteiger partial charge < -0.3 is 9.64 Å². The van der Waals surface area contributed by atoms with E-state index in [0.717, 1.165) is 24.2 Å². The maximum atomic E-state index is 12.4. The van der Waals surface area contributed by atoms with Crippen molar-refractivity contribution in [2.24, 2.45) is 0 Å². The van der Waals surface area contributed by atoms with Crippen molar-refractivity contribution in [1.82, 2.24) is 14.5 Å². The lowest BCUT2D eigenvalue weighted by atomic mass is 10.2. The fourth-order valence-electron chi connectivity index (χ4n) is 2.19. The Bertz CT molecular complexity index is 574. The second-order valence-corrected chi connectivity index (χ2v) is 4.96. The van der Waals surface area contributed by atoms with Crippen LogP contribution in [0.3, 0.4) is 0 Å². The van der Waals surface area contributed by atoms with Crippen molar-refractivity contribution >= 4 is 6.03 Å². The summed E-state index contributed by atoms with van der Waals surface area (Å²) in [6.07, 6.45) is 7.01. The smallest absolute Gasteiger partial charge is 0.329 e. The Morgan fingerprint density at radius 2 is 2.15 bits per heavy atom. The highest BCUT2D eigenvalue weighted by Gasteiger charge is 2.33. The van der Waals surface area contributed by atoms with Gasteiger partial charge in [0.05, 0.1) is 7.11 Å². The number of hydrogen-bond donors (Lipinski definition) is 0. The van der Waals surface area contributed by atoms with Crippen LogP contribution in [0.25, 0.3) is 0 Å². The summed E-state index contributed by atoms with van der Waals surface area (Å²) in [6.45, 7) is 0.617. The van der Waals surface area contributed by atoms with Crippen LogP contribution in [0.2, 0.25) is 0 Å². The van der Waals surface area contributed by atoms with E-state index in [0.29, 0.717) is 12.6 Å². The lowest BCUT2D eigenvalue weighted by Gasteiger charge is -2.22. The number of aromatic nitrogens is 2. The van der Waals surface area contributed by atoms with E-state index in [9.17, 15) is 4.79 Å². The van der Waals surface area contributed by atoms with Gasteiger partial charge in [-0.25, -0.2) is 9.78 Å². The van der Waals surface area contributed by atoms with E-state index in [-0.39, 0.29) is 6.03 Å². The van der Waals surface area contributed by atoms with Gasteiger partial charge in [-0.05, 0) is 30.5 Å². The van der Waals surface area contributed by atoms with E-state index in [1.807, 2.05) is 29.2 Å². The number of carbonyl (C=O) groups is 1. The third kappa shape index (κ3) is 2.66. The van der Waals surface area contributed by atoms with Crippen molar-refractivity contribution in [3.63, 3.8) is 0 Å². The molecule has 0 spiro atoms. The van der Waals surface area contributed by atoms with Gasteiger partial charge in [0.2, 0.25) is 0 Å². The van der Waals surface area contributed by atoms with E-state index >= 15 is 0 Å². The van der Waals surface area contributed by atoms with Crippen LogP contribution >= 0.6 is 0 Å². The SMILES string of the molecule is COc1ccc(CN(C(=O)n2ccnc2)C2CC2)cc1. The van der Waals surface area contributed by atoms with Crippen LogP contribution in [-0.4, -0.2) is 33.6 Å². The van der Waals surface area contributed by atoms with Crippen LogP contribution in [0.4, 0.5) is 4.79 Å². The molecule has 1 saturated carbocycles. The maximum Gasteiger partial charge on any atom is 0.329 e. The molecule has 1 aliphatic rings. The Morgan fingerprint density at radius 1 is 1.40 bits per heavy atom. The minimum atomic E-state index is -0.0131. The number of nitrogens with zero attached hydrogens (tertiary/aromatic N) is 3. The first-order valence-corrected chi connectivity index (χ1v) is 6.70. The summed E-state index contributed by atoms with van der Waals surface area (Å²) in [4.78, 5) is 18.3. The Balaban J connectivity index is 1.75. The molecule has 0 aliphatic heterocycles. The summed E-state index contributed by atoms with van der Waals surface area (Å²) in [5, 5.41) is 0. The zero-order valence-electron chi connectivity index (χ0n) is 11.4. The molecule has 3 rings (SSSR count). The molecule has 0 bridgehead atoms. The Morgan fingerprint density at radius 3 is 2.70 bits per heavy atom. The average Bonchev–Trinajstić information content (AvgIpc) is 3.18. The number of benzene rings is 1. The van der Waals surface area contributed by atoms with Gasteiger partial charge in [-0.2, -0.15) is 0 Å². The fraction of sp³-hybridized carbons (Fsp3) is 0.333. The quantitative estimate of drug-likeness (QED) is 0.858. The van der Waals surface area contributed by atoms with Crippen molar-refractivity contribution < 1.29 is 9.53 Å². The van der Waals surface area contributed by atoms with Crippen LogP contribution in [-0.2, 0) is 6.54 Å². The highest BCUT2D eigenvalue weighted by Crippen LogP contribution is 2.29. The lowest BCUT2D eigenvalue weighted by Crippen LogP contribution is -2.35. The normalized spacial score (nSPS) is 14.1. The number of ether oxygens (including phenoxy) is 1. The summed E-state index contributed by atoms with van der Waals surface area (Å²) < 4.78 is 6.68. The molecule has 0 N–H and O–H groups in total. The molecule has 0 atom stereocenters. The molecule has 5 heteroatoms. The summed E-state index contributed by atoms with van der Waals surface area (Å²) in [6, 6.07) is 8.17. The third-order valence-corrected chi connectivity index (χ3v) is 3.47. The molecular weight excluding hydrogens is 254 g/mol. The molecule has 5 nitrogen and oxygen atoms in total. The Labute approximate surface area is 117 Å². The van der Waals surface area contributed by atoms with Crippen LogP contribution in [0.1, 0.15) is 18.4 Å². The van der Waals surface area contributed by atoms with E-state index in [1.54, 1.807) is 25.8 Å². The number of hydrogen-bond acceptors (Lipinski definition) is 3. The van der Waals surface area contributed by atoms with Crippen molar-refractivity contribution in [2.75, 3.05) is 7.11 Å². The molecular formula is C15H17N3O2. The summed E-state index contributed by atoms with van der Waals surface area (Å²) in [7, 11) is 1.65. The van der Waals surface area contributed by atoms with Gasteiger partial charge in [0, 0.05) is 25.0 Å². The van der Waals surface area contributed by atoms with Crippen LogP contribution < -0.4 is 4.74 Å². The molecule has 0 radical (unpaired) electrons. The van der Waals surface area contributed by atoms with Crippen molar-refractivity contribution in [3.8, 4) is 5.75 Å². The maximum absolute atomic E-state index is 12.4. The van der Waals surface area contributed by atoms with E-state index in [2.05, 4.69) is 4.98 Å². The van der Waals surface area contributed by atoms with Gasteiger partial charge in [0.1, 0.15) is 12.1 Å². The van der Waals surface area contributed by atoms with Crippen molar-refractivity contribution in [2.45, 2.75) is 25.4 Å². The van der Waals surface area contributed by atoms with Gasteiger partial charge >= 0.3 is 6.03 Å². The topological polar surface area (TPSA) is 47.4 Å². The lowest BCUT2D eigenvalue weighted by molar-refractivity contribution is 0.193. The van der Waals surface area contributed by atoms with Crippen LogP contribution in [0, 0.1) is 0 Å². The fourth-order valence-corrected chi connectivity index (χ4v) is 2.19. The van der Waals surface area contributed by atoms with Crippen molar-refractivity contribution in [3.05, 3.63) is 48.5 Å². The number of rotatable bonds is 4. The first-order valence-electron chi connectivity index (χ1n) is 6.70. The molecule has 1 aromatic heterocycles. The number of imidazole rings is 1. The zero-order valence-corrected chi connectivity index (χ0v) is 11.4. The second-order valence-electron chi connectivity index (χ2n) is 4.96. The minimum Gasteiger partial charge on any atom is -0.497 e. The van der Waals surface area contributed by atoms with Gasteiger partial charge in [-0.15, -0.1) is 0 Å². The highest BCUT2D eigenvalue weighted by atomic mass is 16.5. The molecule has 2 aromatic rings. The summed E-state index contributed by atoms with van der Waals surface area (Å²) in [5.74, 6) is 0.827. The molecule has 0 unspecified atom stereocenters. The highest BCUT2D eigenvalue weighted by molar-refractivity contribution is 5.77. The Kier molecular flexibility index (Phi) is 3.41. The van der Waals surface area contributed by atoms with E-state index in [4.69, 9.17) is 4.74 Å². The number of amides is 1. The molecule has 1 heterocycles. The second kappa shape index (κ2) is 5.36. The minimum absolute atomic E-state index is 0.0131. The van der Waals surface area contributed by atoms with Gasteiger partial charge in [-0.3, -0.25) is 4.57 Å². The van der Waals surface area contributed by atoms with E-state index in [1.165, 1.54) is 4.57 Å². The van der Waals surface area contributed by atoms with Gasteiger partial charge in [-0.1, -0.05) is 12.1 Å². The monoisotopic (exact) mass is 271 g/mol. The van der Waals surface area contributed by atoms with Gasteiger partial charge in [0.15, 0.2) is 0 Å². The standard InChI is InChI=1S/C15H17N3O2/c1-20-14-6-2-12(3-7-14)10-18(13-4-5-13)15(19)17-9-8-16-11-17/h2-3,6-9,11,13H,4-5,10H2,1H3. The first kappa shape index (κ1) is 12.7. The number of carbonyl (C=O) groups excluding carboxylic acids is 1. The predicted octanol–water partition coefficient (Wildman–Crippen LogP) is 2.52. The average molecular weight is 271 g/mol. The first-order chi connectivity index (χ1) is 9.78. The van der Waals surface area contributed by atoms with Crippen LogP contribution in [0.5, 0.6) is 5.75 Å². The molecule has 104 valence electrons. The summed E-state index contributed by atoms with van der Waals surface area (Å²) >= 11 is 0. The van der Waals surface area contributed by atoms with Crippen molar-refractivity contribution in [1.29, 1.82) is 0 Å². The predicted molar refractivity (Wildman–Crippen MR) is 74.6 cm³/mol. The molecule has 20 heavy (non-hydrogen) atoms. The van der Waals surface area contributed by atoms with Gasteiger partial charge in [0.25, 0.3) is 0 Å². The summed E-state index contributed by atoms with van der Waals surface area (Å²) in [5.41, 5.74) is 1.10. The molecule has 1 aliphatic carbocycles. The molecule has 1 amide bonds.